The summed E-state index contributed by atoms with van der Waals surface area (Å²) in [5, 5.41) is 11.1. The molecule has 2 aromatic rings. The van der Waals surface area contributed by atoms with E-state index < -0.39 is 17.7 Å². The van der Waals surface area contributed by atoms with Gasteiger partial charge in [0.2, 0.25) is 0 Å². The van der Waals surface area contributed by atoms with Crippen LogP contribution in [0.1, 0.15) is 42.5 Å². The van der Waals surface area contributed by atoms with E-state index in [1.807, 2.05) is 26.0 Å². The molecule has 1 atom stereocenters. The van der Waals surface area contributed by atoms with E-state index in [2.05, 4.69) is 0 Å². The molecule has 1 heterocycles. The van der Waals surface area contributed by atoms with Gasteiger partial charge in [0, 0.05) is 23.7 Å². The summed E-state index contributed by atoms with van der Waals surface area (Å²) < 4.78 is 10.8. The first kappa shape index (κ1) is 21.4. The summed E-state index contributed by atoms with van der Waals surface area (Å²) in [6.45, 7) is 4.37. The van der Waals surface area contributed by atoms with E-state index in [-0.39, 0.29) is 11.3 Å². The summed E-state index contributed by atoms with van der Waals surface area (Å²) in [5.41, 5.74) is 2.22. The number of aliphatic hydroxyl groups is 1. The van der Waals surface area contributed by atoms with Crippen molar-refractivity contribution in [2.45, 2.75) is 32.7 Å². The summed E-state index contributed by atoms with van der Waals surface area (Å²) in [4.78, 5) is 27.4. The minimum atomic E-state index is -0.737. The highest BCUT2D eigenvalue weighted by Gasteiger charge is 2.46. The Bertz CT molecular complexity index is 978. The Morgan fingerprint density at radius 1 is 1.07 bits per heavy atom. The second-order valence-electron chi connectivity index (χ2n) is 7.32. The van der Waals surface area contributed by atoms with Crippen LogP contribution in [-0.2, 0) is 9.59 Å². The standard InChI is InChI=1S/C24H27NO5/c1-5-6-13-25-21(18-12-11-17(29-3)14-19(18)30-4)20(23(27)24(25)28)22(26)16-9-7-15(2)8-10-16/h7-12,14,21,26H,5-6,13H2,1-4H3/b22-20+/t21-/m0/s1. The van der Waals surface area contributed by atoms with Gasteiger partial charge in [-0.3, -0.25) is 9.59 Å². The lowest BCUT2D eigenvalue weighted by Crippen LogP contribution is -2.30. The van der Waals surface area contributed by atoms with Crippen LogP contribution in [0.15, 0.2) is 48.0 Å². The number of hydrogen-bond acceptors (Lipinski definition) is 5. The third-order valence-corrected chi connectivity index (χ3v) is 5.35. The maximum Gasteiger partial charge on any atom is 0.295 e. The number of carbonyl (C=O) groups excluding carboxylic acids is 2. The smallest absolute Gasteiger partial charge is 0.295 e. The molecule has 0 radical (unpaired) electrons. The molecule has 6 nitrogen and oxygen atoms in total. The SMILES string of the molecule is CCCCN1C(=O)C(=O)/C(=C(/O)c2ccc(C)cc2)[C@@H]1c1ccc(OC)cc1OC. The highest BCUT2D eigenvalue weighted by molar-refractivity contribution is 6.46. The van der Waals surface area contributed by atoms with Gasteiger partial charge in [-0.1, -0.05) is 43.2 Å². The zero-order valence-electron chi connectivity index (χ0n) is 17.8. The average Bonchev–Trinajstić information content (AvgIpc) is 3.01. The Kier molecular flexibility index (Phi) is 6.45. The largest absolute Gasteiger partial charge is 0.507 e. The van der Waals surface area contributed by atoms with E-state index in [0.717, 1.165) is 18.4 Å². The first-order valence-corrected chi connectivity index (χ1v) is 10.00. The molecule has 1 aliphatic heterocycles. The maximum absolute atomic E-state index is 13.0. The Balaban J connectivity index is 2.21. The van der Waals surface area contributed by atoms with Crippen LogP contribution in [0.5, 0.6) is 11.5 Å². The molecule has 0 aliphatic carbocycles. The number of hydrogen-bond donors (Lipinski definition) is 1. The van der Waals surface area contributed by atoms with E-state index in [1.54, 1.807) is 37.4 Å². The number of benzene rings is 2. The Morgan fingerprint density at radius 2 is 1.77 bits per heavy atom. The van der Waals surface area contributed by atoms with Crippen LogP contribution in [0, 0.1) is 6.92 Å². The van der Waals surface area contributed by atoms with Gasteiger partial charge in [0.15, 0.2) is 0 Å². The van der Waals surface area contributed by atoms with E-state index in [0.29, 0.717) is 29.2 Å². The van der Waals surface area contributed by atoms with Gasteiger partial charge in [-0.2, -0.15) is 0 Å². The van der Waals surface area contributed by atoms with E-state index in [4.69, 9.17) is 9.47 Å². The fraction of sp³-hybridized carbons (Fsp3) is 0.333. The predicted molar refractivity (Wildman–Crippen MR) is 115 cm³/mol. The minimum Gasteiger partial charge on any atom is -0.507 e. The molecule has 0 unspecified atom stereocenters. The normalized spacial score (nSPS) is 18.0. The zero-order valence-corrected chi connectivity index (χ0v) is 17.8. The highest BCUT2D eigenvalue weighted by atomic mass is 16.5. The number of carbonyl (C=O) groups is 2. The quantitative estimate of drug-likeness (QED) is 0.421. The van der Waals surface area contributed by atoms with Gasteiger partial charge >= 0.3 is 0 Å². The van der Waals surface area contributed by atoms with Gasteiger partial charge < -0.3 is 19.5 Å². The van der Waals surface area contributed by atoms with Crippen molar-refractivity contribution in [3.63, 3.8) is 0 Å². The predicted octanol–water partition coefficient (Wildman–Crippen LogP) is 4.23. The lowest BCUT2D eigenvalue weighted by Gasteiger charge is -2.26. The number of nitrogens with zero attached hydrogens (tertiary/aromatic N) is 1. The van der Waals surface area contributed by atoms with Crippen molar-refractivity contribution in [2.24, 2.45) is 0 Å². The molecule has 0 saturated carbocycles. The second kappa shape index (κ2) is 9.03. The lowest BCUT2D eigenvalue weighted by molar-refractivity contribution is -0.139. The summed E-state index contributed by atoms with van der Waals surface area (Å²) in [7, 11) is 3.08. The van der Waals surface area contributed by atoms with Gasteiger partial charge in [-0.15, -0.1) is 0 Å². The molecule has 0 spiro atoms. The van der Waals surface area contributed by atoms with E-state index in [9.17, 15) is 14.7 Å². The van der Waals surface area contributed by atoms with Crippen molar-refractivity contribution < 1.29 is 24.2 Å². The number of ether oxygens (including phenoxy) is 2. The number of methoxy groups -OCH3 is 2. The lowest BCUT2D eigenvalue weighted by atomic mass is 9.94. The van der Waals surface area contributed by atoms with Crippen molar-refractivity contribution in [3.05, 3.63) is 64.7 Å². The number of rotatable bonds is 7. The molecule has 3 rings (SSSR count). The number of aliphatic hydroxyl groups excluding tert-OH is 1. The molecule has 1 fully saturated rings. The molecule has 1 saturated heterocycles. The molecule has 30 heavy (non-hydrogen) atoms. The van der Waals surface area contributed by atoms with Crippen LogP contribution in [0.2, 0.25) is 0 Å². The second-order valence-corrected chi connectivity index (χ2v) is 7.32. The van der Waals surface area contributed by atoms with E-state index in [1.165, 1.54) is 12.0 Å². The van der Waals surface area contributed by atoms with Crippen molar-refractivity contribution >= 4 is 17.4 Å². The van der Waals surface area contributed by atoms with E-state index >= 15 is 0 Å². The van der Waals surface area contributed by atoms with Crippen LogP contribution in [-0.4, -0.2) is 42.5 Å². The van der Waals surface area contributed by atoms with Crippen molar-refractivity contribution in [1.82, 2.24) is 4.90 Å². The summed E-state index contributed by atoms with van der Waals surface area (Å²) in [5.74, 6) is -0.403. The van der Waals surface area contributed by atoms with Crippen LogP contribution in [0.4, 0.5) is 0 Å². The molecule has 158 valence electrons. The molecular formula is C24H27NO5. The summed E-state index contributed by atoms with van der Waals surface area (Å²) in [6.07, 6.45) is 1.61. The van der Waals surface area contributed by atoms with Crippen LogP contribution < -0.4 is 9.47 Å². The number of aryl methyl sites for hydroxylation is 1. The third-order valence-electron chi connectivity index (χ3n) is 5.35. The molecule has 0 bridgehead atoms. The third kappa shape index (κ3) is 3.90. The summed E-state index contributed by atoms with van der Waals surface area (Å²) in [6, 6.07) is 11.7. The molecule has 2 aromatic carbocycles. The number of amides is 1. The first-order chi connectivity index (χ1) is 14.4. The van der Waals surface area contributed by atoms with Crippen LogP contribution in [0.25, 0.3) is 5.76 Å². The molecule has 1 aliphatic rings. The zero-order chi connectivity index (χ0) is 21.8. The molecular weight excluding hydrogens is 382 g/mol. The van der Waals surface area contributed by atoms with Gasteiger partial charge in [0.25, 0.3) is 11.7 Å². The minimum absolute atomic E-state index is 0.0726. The van der Waals surface area contributed by atoms with Crippen molar-refractivity contribution in [2.75, 3.05) is 20.8 Å². The van der Waals surface area contributed by atoms with Crippen molar-refractivity contribution in [3.8, 4) is 11.5 Å². The fourth-order valence-electron chi connectivity index (χ4n) is 3.67. The number of ketones is 1. The molecule has 0 aromatic heterocycles. The Labute approximate surface area is 176 Å². The van der Waals surface area contributed by atoms with Gasteiger partial charge in [-0.25, -0.2) is 0 Å². The Hall–Kier alpha value is -3.28. The first-order valence-electron chi connectivity index (χ1n) is 10.00. The maximum atomic E-state index is 13.0. The molecule has 6 heteroatoms. The topological polar surface area (TPSA) is 76.1 Å². The number of likely N-dealkylation sites (tertiary alicyclic amines) is 1. The fourth-order valence-corrected chi connectivity index (χ4v) is 3.67. The number of unbranched alkanes of at least 4 members (excludes halogenated alkanes) is 1. The highest BCUT2D eigenvalue weighted by Crippen LogP contribution is 2.43. The van der Waals surface area contributed by atoms with Crippen LogP contribution in [0.3, 0.4) is 0 Å². The number of Topliss-reactive ketones (excluding diaryl/α,β-unsaturated/α-hetero) is 1. The average molecular weight is 409 g/mol. The van der Waals surface area contributed by atoms with Crippen molar-refractivity contribution in [1.29, 1.82) is 0 Å². The van der Waals surface area contributed by atoms with Gasteiger partial charge in [-0.05, 0) is 25.5 Å². The van der Waals surface area contributed by atoms with Gasteiger partial charge in [0.05, 0.1) is 25.8 Å². The molecule has 1 amide bonds. The summed E-state index contributed by atoms with van der Waals surface area (Å²) >= 11 is 0. The van der Waals surface area contributed by atoms with Gasteiger partial charge in [0.1, 0.15) is 17.3 Å². The monoisotopic (exact) mass is 409 g/mol. The van der Waals surface area contributed by atoms with Crippen LogP contribution >= 0.6 is 0 Å². The Morgan fingerprint density at radius 3 is 2.37 bits per heavy atom. The molecule has 1 N–H and O–H groups in total.